The summed E-state index contributed by atoms with van der Waals surface area (Å²) in [7, 11) is 1.64. The number of nitrogens with two attached hydrogens (primary N) is 1. The van der Waals surface area contributed by atoms with Gasteiger partial charge in [0, 0.05) is 19.8 Å². The minimum Gasteiger partial charge on any atom is -0.496 e. The standard InChI is InChI=1S/C16H13BrClNOS/c1-20-14-6-5-9(18)7-11(14)15(19)12-8-21-16-10(12)3-2-4-13(16)17/h2-8,15H,19H2,1H3. The van der Waals surface area contributed by atoms with E-state index in [0.717, 1.165) is 26.7 Å². The van der Waals surface area contributed by atoms with Crippen molar-refractivity contribution in [2.45, 2.75) is 6.04 Å². The molecular weight excluding hydrogens is 370 g/mol. The summed E-state index contributed by atoms with van der Waals surface area (Å²) in [6.07, 6.45) is 0. The molecule has 5 heteroatoms. The van der Waals surface area contributed by atoms with E-state index in [0.29, 0.717) is 5.02 Å². The van der Waals surface area contributed by atoms with E-state index in [9.17, 15) is 0 Å². The van der Waals surface area contributed by atoms with Crippen LogP contribution in [0.4, 0.5) is 0 Å². The number of thiophene rings is 1. The number of halogens is 2. The van der Waals surface area contributed by atoms with E-state index >= 15 is 0 Å². The van der Waals surface area contributed by atoms with Crippen LogP contribution in [0.5, 0.6) is 5.75 Å². The van der Waals surface area contributed by atoms with E-state index in [2.05, 4.69) is 27.4 Å². The van der Waals surface area contributed by atoms with Crippen molar-refractivity contribution in [3.05, 3.63) is 62.4 Å². The van der Waals surface area contributed by atoms with Crippen LogP contribution in [-0.2, 0) is 0 Å². The van der Waals surface area contributed by atoms with Crippen LogP contribution in [0.3, 0.4) is 0 Å². The number of hydrogen-bond acceptors (Lipinski definition) is 3. The number of methoxy groups -OCH3 is 1. The molecule has 3 aromatic rings. The first kappa shape index (κ1) is 14.9. The SMILES string of the molecule is COc1ccc(Cl)cc1C(N)c1csc2c(Br)cccc12. The molecule has 2 N–H and O–H groups in total. The number of fused-ring (bicyclic) bond motifs is 1. The summed E-state index contributed by atoms with van der Waals surface area (Å²) in [6, 6.07) is 11.4. The van der Waals surface area contributed by atoms with Gasteiger partial charge in [-0.25, -0.2) is 0 Å². The number of benzene rings is 2. The molecule has 3 rings (SSSR count). The molecule has 2 nitrogen and oxygen atoms in total. The van der Waals surface area contributed by atoms with Gasteiger partial charge >= 0.3 is 0 Å². The molecule has 0 amide bonds. The largest absolute Gasteiger partial charge is 0.496 e. The van der Waals surface area contributed by atoms with Crippen molar-refractivity contribution in [3.63, 3.8) is 0 Å². The van der Waals surface area contributed by atoms with Crippen molar-refractivity contribution in [1.82, 2.24) is 0 Å². The molecule has 2 aromatic carbocycles. The van der Waals surface area contributed by atoms with Gasteiger partial charge in [0.05, 0.1) is 13.2 Å². The predicted octanol–water partition coefficient (Wildman–Crippen LogP) is 5.37. The lowest BCUT2D eigenvalue weighted by Gasteiger charge is -2.16. The van der Waals surface area contributed by atoms with Gasteiger partial charge < -0.3 is 10.5 Å². The molecule has 21 heavy (non-hydrogen) atoms. The van der Waals surface area contributed by atoms with Crippen LogP contribution in [0.2, 0.25) is 5.02 Å². The van der Waals surface area contributed by atoms with Crippen LogP contribution >= 0.6 is 38.9 Å². The lowest BCUT2D eigenvalue weighted by molar-refractivity contribution is 0.408. The maximum Gasteiger partial charge on any atom is 0.124 e. The molecule has 0 aliphatic heterocycles. The molecule has 0 saturated heterocycles. The zero-order valence-electron chi connectivity index (χ0n) is 11.3. The van der Waals surface area contributed by atoms with Crippen LogP contribution in [-0.4, -0.2) is 7.11 Å². The fourth-order valence-electron chi connectivity index (χ4n) is 2.40. The first-order valence-corrected chi connectivity index (χ1v) is 8.41. The second kappa shape index (κ2) is 5.97. The van der Waals surface area contributed by atoms with E-state index in [-0.39, 0.29) is 6.04 Å². The lowest BCUT2D eigenvalue weighted by atomic mass is 9.98. The molecule has 1 heterocycles. The number of ether oxygens (including phenoxy) is 1. The highest BCUT2D eigenvalue weighted by atomic mass is 79.9. The Morgan fingerprint density at radius 2 is 2.05 bits per heavy atom. The van der Waals surface area contributed by atoms with Gasteiger partial charge in [0.1, 0.15) is 5.75 Å². The molecule has 1 aromatic heterocycles. The molecule has 0 saturated carbocycles. The molecule has 0 aliphatic rings. The maximum absolute atomic E-state index is 6.47. The molecule has 0 bridgehead atoms. The van der Waals surface area contributed by atoms with Crippen LogP contribution in [0.25, 0.3) is 10.1 Å². The summed E-state index contributed by atoms with van der Waals surface area (Å²) < 4.78 is 7.69. The second-order valence-electron chi connectivity index (χ2n) is 4.67. The Labute approximate surface area is 140 Å². The molecule has 0 fully saturated rings. The zero-order valence-corrected chi connectivity index (χ0v) is 14.4. The van der Waals surface area contributed by atoms with Crippen molar-refractivity contribution in [3.8, 4) is 5.75 Å². The minimum absolute atomic E-state index is 0.276. The topological polar surface area (TPSA) is 35.2 Å². The van der Waals surface area contributed by atoms with Gasteiger partial charge in [0.15, 0.2) is 0 Å². The second-order valence-corrected chi connectivity index (χ2v) is 6.84. The zero-order chi connectivity index (χ0) is 15.0. The lowest BCUT2D eigenvalue weighted by Crippen LogP contribution is -2.12. The maximum atomic E-state index is 6.47. The van der Waals surface area contributed by atoms with Crippen LogP contribution in [0.1, 0.15) is 17.2 Å². The first-order chi connectivity index (χ1) is 10.1. The Hall–Kier alpha value is -1.07. The third-order valence-electron chi connectivity index (χ3n) is 3.44. The predicted molar refractivity (Wildman–Crippen MR) is 93.6 cm³/mol. The van der Waals surface area contributed by atoms with Crippen LogP contribution in [0, 0.1) is 0 Å². The Balaban J connectivity index is 2.15. The van der Waals surface area contributed by atoms with Gasteiger partial charge in [-0.05, 0) is 56.5 Å². The molecule has 0 aliphatic carbocycles. The van der Waals surface area contributed by atoms with E-state index in [1.807, 2.05) is 24.3 Å². The average molecular weight is 383 g/mol. The summed E-state index contributed by atoms with van der Waals surface area (Å²) >= 11 is 11.4. The van der Waals surface area contributed by atoms with E-state index in [4.69, 9.17) is 22.1 Å². The Bertz CT molecular complexity index is 802. The molecule has 108 valence electrons. The Morgan fingerprint density at radius 3 is 2.81 bits per heavy atom. The van der Waals surface area contributed by atoms with Gasteiger partial charge in [-0.1, -0.05) is 23.7 Å². The fourth-order valence-corrected chi connectivity index (χ4v) is 4.24. The third-order valence-corrected chi connectivity index (χ3v) is 5.65. The Kier molecular flexibility index (Phi) is 4.22. The van der Waals surface area contributed by atoms with Crippen LogP contribution in [0.15, 0.2) is 46.3 Å². The summed E-state index contributed by atoms with van der Waals surface area (Å²) in [4.78, 5) is 0. The molecule has 0 spiro atoms. The third kappa shape index (κ3) is 2.69. The molecule has 1 unspecified atom stereocenters. The van der Waals surface area contributed by atoms with Crippen molar-refractivity contribution in [2.75, 3.05) is 7.11 Å². The smallest absolute Gasteiger partial charge is 0.124 e. The van der Waals surface area contributed by atoms with Crippen molar-refractivity contribution < 1.29 is 4.74 Å². The quantitative estimate of drug-likeness (QED) is 0.660. The number of rotatable bonds is 3. The van der Waals surface area contributed by atoms with Gasteiger partial charge in [-0.2, -0.15) is 0 Å². The van der Waals surface area contributed by atoms with E-state index in [1.165, 1.54) is 4.70 Å². The highest BCUT2D eigenvalue weighted by Crippen LogP contribution is 2.38. The number of hydrogen-bond donors (Lipinski definition) is 1. The van der Waals surface area contributed by atoms with Crippen molar-refractivity contribution in [2.24, 2.45) is 5.73 Å². The molecule has 0 radical (unpaired) electrons. The summed E-state index contributed by atoms with van der Waals surface area (Å²) in [5.41, 5.74) is 8.45. The Morgan fingerprint density at radius 1 is 1.24 bits per heavy atom. The van der Waals surface area contributed by atoms with E-state index in [1.54, 1.807) is 24.5 Å². The van der Waals surface area contributed by atoms with Crippen molar-refractivity contribution in [1.29, 1.82) is 0 Å². The molecular formula is C16H13BrClNOS. The summed E-state index contributed by atoms with van der Waals surface area (Å²) in [5, 5.41) is 3.91. The fraction of sp³-hybridized carbons (Fsp3) is 0.125. The van der Waals surface area contributed by atoms with Crippen LogP contribution < -0.4 is 10.5 Å². The average Bonchev–Trinajstić information content (AvgIpc) is 2.92. The minimum atomic E-state index is -0.276. The monoisotopic (exact) mass is 381 g/mol. The summed E-state index contributed by atoms with van der Waals surface area (Å²) in [6.45, 7) is 0. The first-order valence-electron chi connectivity index (χ1n) is 6.36. The van der Waals surface area contributed by atoms with Gasteiger partial charge in [0.2, 0.25) is 0 Å². The highest BCUT2D eigenvalue weighted by molar-refractivity contribution is 9.10. The highest BCUT2D eigenvalue weighted by Gasteiger charge is 2.18. The molecule has 1 atom stereocenters. The van der Waals surface area contributed by atoms with Gasteiger partial charge in [-0.3, -0.25) is 0 Å². The summed E-state index contributed by atoms with van der Waals surface area (Å²) in [5.74, 6) is 0.751. The van der Waals surface area contributed by atoms with Gasteiger partial charge in [0.25, 0.3) is 0 Å². The normalized spacial score (nSPS) is 12.6. The van der Waals surface area contributed by atoms with E-state index < -0.39 is 0 Å². The van der Waals surface area contributed by atoms with Gasteiger partial charge in [-0.15, -0.1) is 11.3 Å². The van der Waals surface area contributed by atoms with Crippen molar-refractivity contribution >= 4 is 49.0 Å².